The number of anilines is 2. The van der Waals surface area contributed by atoms with Gasteiger partial charge in [0.2, 0.25) is 10.0 Å². The molecule has 0 saturated carbocycles. The van der Waals surface area contributed by atoms with E-state index in [0.29, 0.717) is 24.3 Å². The average molecular weight is 295 g/mol. The van der Waals surface area contributed by atoms with Gasteiger partial charge < -0.3 is 15.6 Å². The fraction of sp³-hybridized carbons (Fsp3) is 0.250. The van der Waals surface area contributed by atoms with Crippen molar-refractivity contribution in [3.05, 3.63) is 36.4 Å². The lowest BCUT2D eigenvalue weighted by atomic mass is 10.2. The highest BCUT2D eigenvalue weighted by atomic mass is 32.2. The van der Waals surface area contributed by atoms with Crippen molar-refractivity contribution >= 4 is 21.4 Å². The maximum absolute atomic E-state index is 11.5. The Morgan fingerprint density at radius 1 is 1.40 bits per heavy atom. The van der Waals surface area contributed by atoms with Gasteiger partial charge in [0, 0.05) is 38.1 Å². The first-order valence-corrected chi connectivity index (χ1v) is 7.55. The molecular formula is C12H17N5O2S. The number of imidazole rings is 1. The Hall–Kier alpha value is -2.06. The smallest absolute Gasteiger partial charge is 0.240 e. The molecule has 0 amide bonds. The van der Waals surface area contributed by atoms with Gasteiger partial charge in [-0.1, -0.05) is 0 Å². The second kappa shape index (κ2) is 5.51. The van der Waals surface area contributed by atoms with Crippen LogP contribution in [0.1, 0.15) is 5.82 Å². The maximum atomic E-state index is 11.5. The van der Waals surface area contributed by atoms with Crippen molar-refractivity contribution in [1.29, 1.82) is 0 Å². The lowest BCUT2D eigenvalue weighted by Crippen LogP contribution is -2.17. The van der Waals surface area contributed by atoms with E-state index in [0.717, 1.165) is 5.82 Å². The molecule has 2 aromatic rings. The largest absolute Gasteiger partial charge is 0.399 e. The number of hydrogen-bond donors (Lipinski definition) is 3. The van der Waals surface area contributed by atoms with Crippen LogP contribution in [0.25, 0.3) is 0 Å². The van der Waals surface area contributed by atoms with Gasteiger partial charge in [-0.25, -0.2) is 18.5 Å². The quantitative estimate of drug-likeness (QED) is 0.686. The summed E-state index contributed by atoms with van der Waals surface area (Å²) in [7, 11) is -1.91. The number of rotatable bonds is 5. The summed E-state index contributed by atoms with van der Waals surface area (Å²) in [5, 5.41) is 8.22. The molecule has 0 saturated heterocycles. The zero-order valence-electron chi connectivity index (χ0n) is 11.1. The predicted octanol–water partition coefficient (Wildman–Crippen LogP) is 0.304. The molecular weight excluding hydrogens is 278 g/mol. The minimum absolute atomic E-state index is 0.00246. The Kier molecular flexibility index (Phi) is 3.96. The molecule has 2 rings (SSSR count). The molecule has 8 heteroatoms. The highest BCUT2D eigenvalue weighted by Gasteiger charge is 2.14. The topological polar surface area (TPSA) is 116 Å². The molecule has 1 aromatic heterocycles. The van der Waals surface area contributed by atoms with Crippen LogP contribution >= 0.6 is 0 Å². The molecule has 0 fully saturated rings. The van der Waals surface area contributed by atoms with Crippen LogP contribution in [-0.4, -0.2) is 24.5 Å². The summed E-state index contributed by atoms with van der Waals surface area (Å²) >= 11 is 0. The molecule has 0 unspecified atom stereocenters. The Bertz CT molecular complexity index is 708. The fourth-order valence-electron chi connectivity index (χ4n) is 1.87. The number of benzene rings is 1. The molecule has 1 heterocycles. The first-order chi connectivity index (χ1) is 9.38. The molecule has 0 aliphatic heterocycles. The van der Waals surface area contributed by atoms with Gasteiger partial charge in [0.05, 0.1) is 5.69 Å². The number of nitrogens with two attached hydrogens (primary N) is 2. The summed E-state index contributed by atoms with van der Waals surface area (Å²) in [4.78, 5) is 4.19. The van der Waals surface area contributed by atoms with E-state index >= 15 is 0 Å². The van der Waals surface area contributed by atoms with Gasteiger partial charge in [0.15, 0.2) is 0 Å². The van der Waals surface area contributed by atoms with Gasteiger partial charge in [-0.3, -0.25) is 0 Å². The van der Waals surface area contributed by atoms with E-state index in [1.807, 2.05) is 17.8 Å². The Balaban J connectivity index is 2.12. The Morgan fingerprint density at radius 2 is 2.15 bits per heavy atom. The lowest BCUT2D eigenvalue weighted by Gasteiger charge is -2.11. The van der Waals surface area contributed by atoms with Crippen LogP contribution in [0.2, 0.25) is 0 Å². The fourth-order valence-corrected chi connectivity index (χ4v) is 2.61. The first kappa shape index (κ1) is 14.4. The van der Waals surface area contributed by atoms with Crippen LogP contribution in [-0.2, 0) is 23.5 Å². The van der Waals surface area contributed by atoms with E-state index < -0.39 is 10.0 Å². The molecule has 0 spiro atoms. The molecule has 1 aromatic carbocycles. The molecule has 0 aliphatic rings. The van der Waals surface area contributed by atoms with Gasteiger partial charge in [-0.15, -0.1) is 0 Å². The molecule has 0 atom stereocenters. The SMILES string of the molecule is Cn1ccnc1CCNc1ccc(N)cc1S(N)(=O)=O. The molecule has 5 N–H and O–H groups in total. The zero-order chi connectivity index (χ0) is 14.8. The second-order valence-electron chi connectivity index (χ2n) is 4.43. The van der Waals surface area contributed by atoms with Crippen molar-refractivity contribution in [3.63, 3.8) is 0 Å². The summed E-state index contributed by atoms with van der Waals surface area (Å²) in [6.07, 6.45) is 4.24. The number of sulfonamides is 1. The second-order valence-corrected chi connectivity index (χ2v) is 5.96. The third-order valence-corrected chi connectivity index (χ3v) is 3.85. The Morgan fingerprint density at radius 3 is 2.75 bits per heavy atom. The number of hydrogen-bond acceptors (Lipinski definition) is 5. The van der Waals surface area contributed by atoms with Crippen LogP contribution in [0, 0.1) is 0 Å². The number of aromatic nitrogens is 2. The van der Waals surface area contributed by atoms with Crippen LogP contribution in [0.15, 0.2) is 35.5 Å². The highest BCUT2D eigenvalue weighted by molar-refractivity contribution is 7.89. The first-order valence-electron chi connectivity index (χ1n) is 6.00. The van der Waals surface area contributed by atoms with E-state index in [1.54, 1.807) is 18.3 Å². The third-order valence-electron chi connectivity index (χ3n) is 2.90. The van der Waals surface area contributed by atoms with E-state index in [4.69, 9.17) is 10.9 Å². The van der Waals surface area contributed by atoms with E-state index in [-0.39, 0.29) is 4.90 Å². The van der Waals surface area contributed by atoms with Gasteiger partial charge in [0.25, 0.3) is 0 Å². The van der Waals surface area contributed by atoms with Crippen molar-refractivity contribution in [3.8, 4) is 0 Å². The van der Waals surface area contributed by atoms with Gasteiger partial charge >= 0.3 is 0 Å². The maximum Gasteiger partial charge on any atom is 0.240 e. The van der Waals surface area contributed by atoms with E-state index in [2.05, 4.69) is 10.3 Å². The van der Waals surface area contributed by atoms with E-state index in [1.165, 1.54) is 6.07 Å². The molecule has 7 nitrogen and oxygen atoms in total. The minimum Gasteiger partial charge on any atom is -0.399 e. The van der Waals surface area contributed by atoms with Crippen molar-refractivity contribution < 1.29 is 8.42 Å². The van der Waals surface area contributed by atoms with Crippen LogP contribution in [0.5, 0.6) is 0 Å². The summed E-state index contributed by atoms with van der Waals surface area (Å²) in [6, 6.07) is 4.57. The molecule has 0 radical (unpaired) electrons. The van der Waals surface area contributed by atoms with Crippen molar-refractivity contribution in [2.45, 2.75) is 11.3 Å². The number of nitrogen functional groups attached to an aromatic ring is 1. The van der Waals surface area contributed by atoms with Crippen LogP contribution in [0.3, 0.4) is 0 Å². The molecule has 0 aliphatic carbocycles. The van der Waals surface area contributed by atoms with Crippen LogP contribution < -0.4 is 16.2 Å². The summed E-state index contributed by atoms with van der Waals surface area (Å²) in [5.41, 5.74) is 6.38. The monoisotopic (exact) mass is 295 g/mol. The zero-order valence-corrected chi connectivity index (χ0v) is 11.9. The van der Waals surface area contributed by atoms with E-state index in [9.17, 15) is 8.42 Å². The van der Waals surface area contributed by atoms with Crippen LogP contribution in [0.4, 0.5) is 11.4 Å². The van der Waals surface area contributed by atoms with Gasteiger partial charge in [-0.05, 0) is 18.2 Å². The highest BCUT2D eigenvalue weighted by Crippen LogP contribution is 2.22. The van der Waals surface area contributed by atoms with Crippen molar-refractivity contribution in [2.75, 3.05) is 17.6 Å². The number of primary sulfonamides is 1. The van der Waals surface area contributed by atoms with Gasteiger partial charge in [-0.2, -0.15) is 0 Å². The predicted molar refractivity (Wildman–Crippen MR) is 77.6 cm³/mol. The third kappa shape index (κ3) is 3.28. The summed E-state index contributed by atoms with van der Waals surface area (Å²) in [5.74, 6) is 0.908. The molecule has 0 bridgehead atoms. The number of nitrogens with zero attached hydrogens (tertiary/aromatic N) is 2. The molecule has 20 heavy (non-hydrogen) atoms. The normalized spacial score (nSPS) is 11.5. The number of nitrogens with one attached hydrogen (secondary N) is 1. The summed E-state index contributed by atoms with van der Waals surface area (Å²) < 4.78 is 24.9. The Labute approximate surface area is 117 Å². The lowest BCUT2D eigenvalue weighted by molar-refractivity contribution is 0.598. The van der Waals surface area contributed by atoms with Gasteiger partial charge in [0.1, 0.15) is 10.7 Å². The summed E-state index contributed by atoms with van der Waals surface area (Å²) in [6.45, 7) is 0.539. The number of aryl methyl sites for hydroxylation is 1. The molecule has 108 valence electrons. The van der Waals surface area contributed by atoms with Crippen molar-refractivity contribution in [2.24, 2.45) is 12.2 Å². The minimum atomic E-state index is -3.81. The standard InChI is InChI=1S/C12H17N5O2S/c1-17-7-6-16-12(17)4-5-15-10-3-2-9(13)8-11(10)20(14,18)19/h2-3,6-8,15H,4-5,13H2,1H3,(H2,14,18,19). The van der Waals surface area contributed by atoms with Crippen molar-refractivity contribution in [1.82, 2.24) is 9.55 Å². The average Bonchev–Trinajstić information content (AvgIpc) is 2.76.